The Bertz CT molecular complexity index is 1480. The van der Waals surface area contributed by atoms with Crippen molar-refractivity contribution in [1.82, 2.24) is 19.8 Å². The van der Waals surface area contributed by atoms with E-state index in [1.807, 2.05) is 24.3 Å². The van der Waals surface area contributed by atoms with Crippen LogP contribution in [0, 0.1) is 11.8 Å². The quantitative estimate of drug-likeness (QED) is 0.304. The Balaban J connectivity index is 1.37. The maximum Gasteiger partial charge on any atom is 0.326 e. The molecule has 0 saturated heterocycles. The highest BCUT2D eigenvalue weighted by atomic mass is 35.5. The van der Waals surface area contributed by atoms with Gasteiger partial charge in [0.2, 0.25) is 5.95 Å². The van der Waals surface area contributed by atoms with Crippen molar-refractivity contribution in [1.29, 1.82) is 0 Å². The molecule has 1 aliphatic heterocycles. The lowest BCUT2D eigenvalue weighted by atomic mass is 10.0. The van der Waals surface area contributed by atoms with Gasteiger partial charge in [-0.05, 0) is 59.2 Å². The average molecular weight is 527 g/mol. The standard InChI is InChI=1S/C27H22Cl2F2N4O/c28-19-4-6-24-21(13-19)22-16-34(10-1-2-18-3-5-20(30)14-23(18)29)11-8-25(22)35(24)27(36)33-15-17-7-9-32-26(31)12-17/h1-7,9,12-14H,8,10-11,15-16H2,(H,33,36). The fraction of sp³-hybridized carbons (Fsp3) is 0.185. The number of aromatic nitrogens is 2. The summed E-state index contributed by atoms with van der Waals surface area (Å²) in [6, 6.07) is 12.5. The van der Waals surface area contributed by atoms with Crippen molar-refractivity contribution < 1.29 is 13.6 Å². The molecule has 36 heavy (non-hydrogen) atoms. The third-order valence-corrected chi connectivity index (χ3v) is 6.81. The van der Waals surface area contributed by atoms with Crippen molar-refractivity contribution >= 4 is 46.2 Å². The molecular weight excluding hydrogens is 505 g/mol. The summed E-state index contributed by atoms with van der Waals surface area (Å²) in [5.74, 6) is -0.955. The van der Waals surface area contributed by atoms with Crippen LogP contribution in [0.3, 0.4) is 0 Å². The minimum absolute atomic E-state index is 0.184. The van der Waals surface area contributed by atoms with Crippen molar-refractivity contribution in [3.05, 3.63) is 105 Å². The second-order valence-corrected chi connectivity index (χ2v) is 9.46. The predicted molar refractivity (Wildman–Crippen MR) is 138 cm³/mol. The highest BCUT2D eigenvalue weighted by Crippen LogP contribution is 2.33. The smallest absolute Gasteiger partial charge is 0.326 e. The van der Waals surface area contributed by atoms with Crippen LogP contribution >= 0.6 is 23.2 Å². The van der Waals surface area contributed by atoms with E-state index >= 15 is 0 Å². The van der Waals surface area contributed by atoms with Crippen molar-refractivity contribution in [3.63, 3.8) is 0 Å². The lowest BCUT2D eigenvalue weighted by Gasteiger charge is -2.27. The fourth-order valence-electron chi connectivity index (χ4n) is 4.55. The number of benzene rings is 2. The number of amides is 1. The molecule has 0 fully saturated rings. The van der Waals surface area contributed by atoms with Gasteiger partial charge < -0.3 is 5.32 Å². The number of hydrogen-bond donors (Lipinski definition) is 1. The Kier molecular flexibility index (Phi) is 7.05. The van der Waals surface area contributed by atoms with E-state index in [1.54, 1.807) is 22.8 Å². The van der Waals surface area contributed by atoms with Crippen LogP contribution in [0.1, 0.15) is 22.4 Å². The van der Waals surface area contributed by atoms with Crippen LogP contribution in [0.15, 0.2) is 60.8 Å². The number of halogens is 4. The van der Waals surface area contributed by atoms with Crippen LogP contribution in [-0.2, 0) is 19.5 Å². The summed E-state index contributed by atoms with van der Waals surface area (Å²) < 4.78 is 28.4. The van der Waals surface area contributed by atoms with Crippen LogP contribution in [0.2, 0.25) is 10.0 Å². The lowest BCUT2D eigenvalue weighted by Crippen LogP contribution is -2.34. The number of hydrogen-bond acceptors (Lipinski definition) is 3. The highest BCUT2D eigenvalue weighted by molar-refractivity contribution is 6.32. The van der Waals surface area contributed by atoms with E-state index in [9.17, 15) is 13.6 Å². The van der Waals surface area contributed by atoms with Gasteiger partial charge in [-0.3, -0.25) is 9.47 Å². The molecule has 5 nitrogen and oxygen atoms in total. The number of fused-ring (bicyclic) bond motifs is 3. The maximum atomic E-state index is 13.4. The molecule has 1 aliphatic rings. The molecule has 5 rings (SSSR count). The second kappa shape index (κ2) is 10.4. The minimum Gasteiger partial charge on any atom is -0.333 e. The first-order valence-corrected chi connectivity index (χ1v) is 12.2. The molecule has 2 aromatic heterocycles. The van der Waals surface area contributed by atoms with E-state index in [2.05, 4.69) is 15.2 Å². The summed E-state index contributed by atoms with van der Waals surface area (Å²) in [5.41, 5.74) is 4.15. The fourth-order valence-corrected chi connectivity index (χ4v) is 4.95. The van der Waals surface area contributed by atoms with Gasteiger partial charge in [0.15, 0.2) is 0 Å². The zero-order chi connectivity index (χ0) is 25.2. The number of pyridine rings is 1. The van der Waals surface area contributed by atoms with Gasteiger partial charge in [-0.25, -0.2) is 14.2 Å². The molecule has 0 atom stereocenters. The highest BCUT2D eigenvalue weighted by Gasteiger charge is 2.26. The number of nitrogens with one attached hydrogen (secondary N) is 1. The predicted octanol–water partition coefficient (Wildman–Crippen LogP) is 6.45. The summed E-state index contributed by atoms with van der Waals surface area (Å²) in [4.78, 5) is 19.1. The molecule has 9 heteroatoms. The number of nitrogens with zero attached hydrogens (tertiary/aromatic N) is 3. The van der Waals surface area contributed by atoms with Gasteiger partial charge in [0.25, 0.3) is 0 Å². The second-order valence-electron chi connectivity index (χ2n) is 8.62. The van der Waals surface area contributed by atoms with E-state index in [0.29, 0.717) is 35.1 Å². The van der Waals surface area contributed by atoms with Crippen molar-refractivity contribution in [2.24, 2.45) is 0 Å². The van der Waals surface area contributed by atoms with Crippen LogP contribution < -0.4 is 5.32 Å². The molecule has 4 aromatic rings. The van der Waals surface area contributed by atoms with Gasteiger partial charge in [0.1, 0.15) is 5.82 Å². The van der Waals surface area contributed by atoms with Crippen LogP contribution in [0.25, 0.3) is 17.0 Å². The Hall–Kier alpha value is -3.26. The number of carbonyl (C=O) groups excluding carboxylic acids is 1. The SMILES string of the molecule is O=C(NCc1ccnc(F)c1)n1c2c(c3cc(Cl)ccc31)CN(CC=Cc1ccc(F)cc1Cl)CC2. The zero-order valence-electron chi connectivity index (χ0n) is 19.1. The lowest BCUT2D eigenvalue weighted by molar-refractivity contribution is 0.240. The number of carbonyl (C=O) groups is 1. The van der Waals surface area contributed by atoms with Gasteiger partial charge in [0, 0.05) is 54.9 Å². The molecule has 1 N–H and O–H groups in total. The summed E-state index contributed by atoms with van der Waals surface area (Å²) in [5, 5.41) is 4.78. The molecule has 0 aliphatic carbocycles. The monoisotopic (exact) mass is 526 g/mol. The molecule has 2 aromatic carbocycles. The van der Waals surface area contributed by atoms with E-state index in [-0.39, 0.29) is 18.4 Å². The van der Waals surface area contributed by atoms with Crippen molar-refractivity contribution in [2.75, 3.05) is 13.1 Å². The molecule has 0 spiro atoms. The summed E-state index contributed by atoms with van der Waals surface area (Å²) >= 11 is 12.4. The van der Waals surface area contributed by atoms with E-state index in [1.165, 1.54) is 24.4 Å². The Labute approximate surface area is 216 Å². The zero-order valence-corrected chi connectivity index (χ0v) is 20.7. The van der Waals surface area contributed by atoms with Gasteiger partial charge in [-0.2, -0.15) is 4.39 Å². The third-order valence-electron chi connectivity index (χ3n) is 6.25. The molecular formula is C27H22Cl2F2N4O. The van der Waals surface area contributed by atoms with Gasteiger partial charge >= 0.3 is 6.03 Å². The summed E-state index contributed by atoms with van der Waals surface area (Å²) in [7, 11) is 0. The minimum atomic E-state index is -0.587. The van der Waals surface area contributed by atoms with E-state index < -0.39 is 5.95 Å². The Morgan fingerprint density at radius 3 is 2.78 bits per heavy atom. The molecule has 0 unspecified atom stereocenters. The Morgan fingerprint density at radius 2 is 1.97 bits per heavy atom. The number of rotatable bonds is 5. The van der Waals surface area contributed by atoms with Crippen LogP contribution in [-0.4, -0.2) is 33.6 Å². The average Bonchev–Trinajstić information content (AvgIpc) is 3.17. The first kappa shape index (κ1) is 24.4. The van der Waals surface area contributed by atoms with E-state index in [4.69, 9.17) is 23.2 Å². The maximum absolute atomic E-state index is 13.4. The molecule has 3 heterocycles. The summed E-state index contributed by atoms with van der Waals surface area (Å²) in [6.07, 6.45) is 5.92. The van der Waals surface area contributed by atoms with Crippen molar-refractivity contribution in [2.45, 2.75) is 19.5 Å². The molecule has 0 bridgehead atoms. The molecule has 184 valence electrons. The van der Waals surface area contributed by atoms with E-state index in [0.717, 1.165) is 34.3 Å². The third kappa shape index (κ3) is 5.14. The molecule has 1 amide bonds. The molecule has 0 saturated carbocycles. The van der Waals surface area contributed by atoms with Crippen molar-refractivity contribution in [3.8, 4) is 0 Å². The van der Waals surface area contributed by atoms with Crippen LogP contribution in [0.5, 0.6) is 0 Å². The first-order chi connectivity index (χ1) is 17.4. The first-order valence-electron chi connectivity index (χ1n) is 11.4. The topological polar surface area (TPSA) is 50.2 Å². The summed E-state index contributed by atoms with van der Waals surface area (Å²) in [6.45, 7) is 2.24. The normalized spacial score (nSPS) is 13.9. The molecule has 0 radical (unpaired) electrons. The van der Waals surface area contributed by atoms with Gasteiger partial charge in [0.05, 0.1) is 10.5 Å². The van der Waals surface area contributed by atoms with Crippen LogP contribution in [0.4, 0.5) is 13.6 Å². The largest absolute Gasteiger partial charge is 0.333 e. The van der Waals surface area contributed by atoms with Gasteiger partial charge in [-0.1, -0.05) is 41.4 Å². The van der Waals surface area contributed by atoms with Gasteiger partial charge in [-0.15, -0.1) is 0 Å². The Morgan fingerprint density at radius 1 is 1.11 bits per heavy atom.